The Hall–Kier alpha value is -2.12. The van der Waals surface area contributed by atoms with Crippen molar-refractivity contribution in [2.75, 3.05) is 46.5 Å². The first-order valence-electron chi connectivity index (χ1n) is 10.1. The molecule has 1 aromatic carbocycles. The fourth-order valence-corrected chi connectivity index (χ4v) is 4.43. The molecular formula is C21H28N2O5. The van der Waals surface area contributed by atoms with E-state index in [2.05, 4.69) is 0 Å². The number of hydrogen-bond acceptors (Lipinski definition) is 5. The molecule has 3 aliphatic rings. The molecule has 7 nitrogen and oxygen atoms in total. The molecule has 0 radical (unpaired) electrons. The minimum Gasteiger partial charge on any atom is -0.496 e. The van der Waals surface area contributed by atoms with Crippen molar-refractivity contribution in [3.05, 3.63) is 29.8 Å². The molecule has 3 saturated heterocycles. The van der Waals surface area contributed by atoms with Crippen LogP contribution in [-0.4, -0.2) is 73.9 Å². The van der Waals surface area contributed by atoms with Crippen LogP contribution in [0.5, 0.6) is 5.75 Å². The molecule has 28 heavy (non-hydrogen) atoms. The lowest BCUT2D eigenvalue weighted by atomic mass is 9.93. The van der Waals surface area contributed by atoms with Crippen LogP contribution >= 0.6 is 0 Å². The van der Waals surface area contributed by atoms with E-state index in [0.717, 1.165) is 12.8 Å². The number of ether oxygens (including phenoxy) is 3. The molecule has 2 amide bonds. The van der Waals surface area contributed by atoms with Gasteiger partial charge in [0.25, 0.3) is 5.91 Å². The molecule has 0 aromatic heterocycles. The summed E-state index contributed by atoms with van der Waals surface area (Å²) in [6.45, 7) is 3.84. The van der Waals surface area contributed by atoms with E-state index in [1.165, 1.54) is 0 Å². The molecule has 3 heterocycles. The van der Waals surface area contributed by atoms with E-state index < -0.39 is 5.79 Å². The van der Waals surface area contributed by atoms with E-state index in [1.807, 2.05) is 21.9 Å². The molecule has 0 bridgehead atoms. The third kappa shape index (κ3) is 3.73. The summed E-state index contributed by atoms with van der Waals surface area (Å²) in [5.41, 5.74) is 0.577. The van der Waals surface area contributed by atoms with Crippen LogP contribution in [0, 0.1) is 5.92 Å². The Morgan fingerprint density at radius 2 is 1.64 bits per heavy atom. The van der Waals surface area contributed by atoms with E-state index in [1.54, 1.807) is 19.2 Å². The lowest BCUT2D eigenvalue weighted by Gasteiger charge is -2.40. The third-order valence-corrected chi connectivity index (χ3v) is 6.12. The van der Waals surface area contributed by atoms with Crippen LogP contribution in [0.3, 0.4) is 0 Å². The standard InChI is InChI=1S/C21H28N2O5/c1-26-18-5-3-2-4-17(18)20(25)22-10-6-16(7-11-22)19(24)23-12-8-21(9-13-23)27-14-15-28-21/h2-5,16H,6-15H2,1H3. The predicted molar refractivity (Wildman–Crippen MR) is 102 cm³/mol. The highest BCUT2D eigenvalue weighted by Gasteiger charge is 2.42. The number of nitrogens with zero attached hydrogens (tertiary/aromatic N) is 2. The molecule has 3 fully saturated rings. The average Bonchev–Trinajstić information content (AvgIpc) is 3.21. The van der Waals surface area contributed by atoms with Crippen LogP contribution in [0.4, 0.5) is 0 Å². The molecule has 3 aliphatic heterocycles. The summed E-state index contributed by atoms with van der Waals surface area (Å²) < 4.78 is 16.8. The van der Waals surface area contributed by atoms with E-state index in [0.29, 0.717) is 63.5 Å². The third-order valence-electron chi connectivity index (χ3n) is 6.12. The molecule has 152 valence electrons. The second kappa shape index (κ2) is 8.09. The fourth-order valence-electron chi connectivity index (χ4n) is 4.43. The van der Waals surface area contributed by atoms with Gasteiger partial charge in [0.15, 0.2) is 5.79 Å². The highest BCUT2D eigenvalue weighted by molar-refractivity contribution is 5.97. The molecule has 1 aromatic rings. The number of para-hydroxylation sites is 1. The van der Waals surface area contributed by atoms with Crippen molar-refractivity contribution in [2.45, 2.75) is 31.5 Å². The van der Waals surface area contributed by atoms with Gasteiger partial charge in [-0.2, -0.15) is 0 Å². The number of hydrogen-bond donors (Lipinski definition) is 0. The van der Waals surface area contributed by atoms with Crippen molar-refractivity contribution in [1.29, 1.82) is 0 Å². The second-order valence-electron chi connectivity index (χ2n) is 7.70. The van der Waals surface area contributed by atoms with Crippen LogP contribution < -0.4 is 4.74 Å². The number of benzene rings is 1. The topological polar surface area (TPSA) is 68.3 Å². The lowest BCUT2D eigenvalue weighted by molar-refractivity contribution is -0.188. The van der Waals surface area contributed by atoms with Gasteiger partial charge in [0, 0.05) is 44.9 Å². The molecule has 0 unspecified atom stereocenters. The zero-order valence-electron chi connectivity index (χ0n) is 16.4. The van der Waals surface area contributed by atoms with Crippen molar-refractivity contribution in [1.82, 2.24) is 9.80 Å². The summed E-state index contributed by atoms with van der Waals surface area (Å²) in [7, 11) is 1.57. The Labute approximate surface area is 165 Å². The van der Waals surface area contributed by atoms with Crippen LogP contribution in [0.1, 0.15) is 36.0 Å². The maximum atomic E-state index is 12.9. The van der Waals surface area contributed by atoms with Gasteiger partial charge in [0.1, 0.15) is 5.75 Å². The Kier molecular flexibility index (Phi) is 5.55. The van der Waals surface area contributed by atoms with Crippen molar-refractivity contribution in [3.63, 3.8) is 0 Å². The van der Waals surface area contributed by atoms with Gasteiger partial charge in [-0.25, -0.2) is 0 Å². The smallest absolute Gasteiger partial charge is 0.257 e. The van der Waals surface area contributed by atoms with Gasteiger partial charge in [-0.3, -0.25) is 9.59 Å². The molecule has 1 spiro atoms. The number of piperidine rings is 2. The summed E-state index contributed by atoms with van der Waals surface area (Å²) in [5.74, 6) is 0.294. The number of rotatable bonds is 3. The zero-order valence-corrected chi connectivity index (χ0v) is 16.4. The minimum absolute atomic E-state index is 0.0128. The van der Waals surface area contributed by atoms with Gasteiger partial charge in [0.05, 0.1) is 25.9 Å². The highest BCUT2D eigenvalue weighted by atomic mass is 16.7. The number of carbonyl (C=O) groups excluding carboxylic acids is 2. The van der Waals surface area contributed by atoms with Crippen LogP contribution in [0.2, 0.25) is 0 Å². The predicted octanol–water partition coefficient (Wildman–Crippen LogP) is 1.91. The zero-order chi connectivity index (χ0) is 19.6. The van der Waals surface area contributed by atoms with Crippen molar-refractivity contribution in [2.24, 2.45) is 5.92 Å². The van der Waals surface area contributed by atoms with Crippen molar-refractivity contribution in [3.8, 4) is 5.75 Å². The van der Waals surface area contributed by atoms with E-state index >= 15 is 0 Å². The number of methoxy groups -OCH3 is 1. The lowest BCUT2D eigenvalue weighted by Crippen LogP contribution is -2.50. The van der Waals surface area contributed by atoms with Gasteiger partial charge < -0.3 is 24.0 Å². The van der Waals surface area contributed by atoms with Crippen LogP contribution in [0.25, 0.3) is 0 Å². The largest absolute Gasteiger partial charge is 0.496 e. The van der Waals surface area contributed by atoms with Gasteiger partial charge in [-0.05, 0) is 25.0 Å². The van der Waals surface area contributed by atoms with E-state index in [4.69, 9.17) is 14.2 Å². The van der Waals surface area contributed by atoms with Crippen LogP contribution in [-0.2, 0) is 14.3 Å². The minimum atomic E-state index is -0.457. The first kappa shape index (κ1) is 19.2. The molecule has 4 rings (SSSR count). The Morgan fingerprint density at radius 3 is 2.29 bits per heavy atom. The van der Waals surface area contributed by atoms with Crippen molar-refractivity contribution >= 4 is 11.8 Å². The summed E-state index contributed by atoms with van der Waals surface area (Å²) in [4.78, 5) is 29.5. The highest BCUT2D eigenvalue weighted by Crippen LogP contribution is 2.32. The van der Waals surface area contributed by atoms with Gasteiger partial charge in [-0.1, -0.05) is 12.1 Å². The first-order chi connectivity index (χ1) is 13.6. The van der Waals surface area contributed by atoms with Gasteiger partial charge in [-0.15, -0.1) is 0 Å². The molecule has 0 atom stereocenters. The number of likely N-dealkylation sites (tertiary alicyclic amines) is 2. The number of amides is 2. The Morgan fingerprint density at radius 1 is 1.00 bits per heavy atom. The van der Waals surface area contributed by atoms with Gasteiger partial charge in [0.2, 0.25) is 5.91 Å². The quantitative estimate of drug-likeness (QED) is 0.791. The normalized spacial score (nSPS) is 22.5. The molecule has 0 N–H and O–H groups in total. The maximum Gasteiger partial charge on any atom is 0.257 e. The summed E-state index contributed by atoms with van der Waals surface area (Å²) in [6, 6.07) is 7.28. The summed E-state index contributed by atoms with van der Waals surface area (Å²) in [5, 5.41) is 0. The van der Waals surface area contributed by atoms with E-state index in [-0.39, 0.29) is 17.7 Å². The van der Waals surface area contributed by atoms with Gasteiger partial charge >= 0.3 is 0 Å². The summed E-state index contributed by atoms with van der Waals surface area (Å²) >= 11 is 0. The molecular weight excluding hydrogens is 360 g/mol. The average molecular weight is 388 g/mol. The Balaban J connectivity index is 1.30. The van der Waals surface area contributed by atoms with E-state index in [9.17, 15) is 9.59 Å². The molecule has 0 aliphatic carbocycles. The first-order valence-corrected chi connectivity index (χ1v) is 10.1. The number of carbonyl (C=O) groups is 2. The Bertz CT molecular complexity index is 713. The SMILES string of the molecule is COc1ccccc1C(=O)N1CCC(C(=O)N2CCC3(CC2)OCCO3)CC1. The second-order valence-corrected chi connectivity index (χ2v) is 7.70. The van der Waals surface area contributed by atoms with Crippen LogP contribution in [0.15, 0.2) is 24.3 Å². The maximum absolute atomic E-state index is 12.9. The summed E-state index contributed by atoms with van der Waals surface area (Å²) in [6.07, 6.45) is 2.89. The van der Waals surface area contributed by atoms with Crippen molar-refractivity contribution < 1.29 is 23.8 Å². The monoisotopic (exact) mass is 388 g/mol. The fraction of sp³-hybridized carbons (Fsp3) is 0.619. The molecule has 0 saturated carbocycles. The molecule has 7 heteroatoms.